The van der Waals surface area contributed by atoms with Crippen molar-refractivity contribution in [2.45, 2.75) is 118 Å². The number of ether oxygens (including phenoxy) is 4. The van der Waals surface area contributed by atoms with Crippen molar-refractivity contribution in [1.82, 2.24) is 15.1 Å². The average molecular weight is 912 g/mol. The minimum absolute atomic E-state index is 0.0340. The highest BCUT2D eigenvalue weighted by Crippen LogP contribution is 2.30. The summed E-state index contributed by atoms with van der Waals surface area (Å²) in [5.74, 6) is -1.86. The van der Waals surface area contributed by atoms with Crippen molar-refractivity contribution in [2.24, 2.45) is 4.99 Å². The van der Waals surface area contributed by atoms with Crippen molar-refractivity contribution in [1.29, 1.82) is 0 Å². The zero-order chi connectivity index (χ0) is 47.1. The maximum atomic E-state index is 14.3. The summed E-state index contributed by atoms with van der Waals surface area (Å²) in [6.45, 7) is 17.0. The molecule has 0 bridgehead atoms. The number of sulfonamides is 1. The van der Waals surface area contributed by atoms with Gasteiger partial charge in [-0.3, -0.25) is 19.1 Å². The Morgan fingerprint density at radius 2 is 1.38 bits per heavy atom. The van der Waals surface area contributed by atoms with Crippen LogP contribution in [-0.2, 0) is 64.4 Å². The van der Waals surface area contributed by atoms with E-state index in [2.05, 4.69) is 15.0 Å². The smallest absolute Gasteiger partial charge is 0.436 e. The van der Waals surface area contributed by atoms with Gasteiger partial charge in [-0.1, -0.05) is 24.3 Å². The number of amides is 5. The number of nitrogens with zero attached hydrogens (tertiary/aromatic N) is 3. The van der Waals surface area contributed by atoms with E-state index in [-0.39, 0.29) is 49.0 Å². The Morgan fingerprint density at radius 1 is 0.825 bits per heavy atom. The molecule has 0 spiro atoms. The molecule has 1 aromatic heterocycles. The third kappa shape index (κ3) is 15.8. The molecule has 1 aliphatic heterocycles. The van der Waals surface area contributed by atoms with Crippen LogP contribution in [0.25, 0.3) is 0 Å². The molecule has 3 aromatic rings. The molecule has 1 aliphatic rings. The van der Waals surface area contributed by atoms with Crippen LogP contribution in [0.4, 0.5) is 20.1 Å². The number of imide groups is 1. The molecule has 19 heteroatoms. The molecule has 63 heavy (non-hydrogen) atoms. The standard InChI is InChI=1S/C44H57N5O12S2/c1-12-58-35(50)25-32-24-30-26-48(22-21-34(30)62-32)38(52)33(23-27-13-19-31(20-14-27)47-63(11,56)57)45-37(51)29-17-15-28(16-18-29)36(46-39(53)59-42(2,3)4)49(40(54)60-43(5,6)7)41(55)61-44(8,9)10/h13-20,24,33,47H,12,21-23,25-26H2,1-11H3,(H,45,51). The van der Waals surface area contributed by atoms with Crippen molar-refractivity contribution in [2.75, 3.05) is 24.1 Å². The largest absolute Gasteiger partial charge is 0.466 e. The van der Waals surface area contributed by atoms with Crippen LogP contribution < -0.4 is 10.0 Å². The van der Waals surface area contributed by atoms with Crippen LogP contribution in [0.5, 0.6) is 0 Å². The van der Waals surface area contributed by atoms with Crippen molar-refractivity contribution in [3.05, 3.63) is 86.6 Å². The quantitative estimate of drug-likeness (QED) is 0.0860. The summed E-state index contributed by atoms with van der Waals surface area (Å²) in [5.41, 5.74) is -1.20. The fourth-order valence-electron chi connectivity index (χ4n) is 6.09. The molecule has 0 fully saturated rings. The number of aliphatic imine (C=N–C) groups is 1. The van der Waals surface area contributed by atoms with E-state index in [1.54, 1.807) is 98.4 Å². The number of nitrogens with one attached hydrogen (secondary N) is 2. The molecule has 0 aliphatic carbocycles. The predicted octanol–water partition coefficient (Wildman–Crippen LogP) is 7.01. The second kappa shape index (κ2) is 20.1. The van der Waals surface area contributed by atoms with Crippen molar-refractivity contribution < 1.29 is 56.1 Å². The van der Waals surface area contributed by atoms with Gasteiger partial charge in [0.15, 0.2) is 5.84 Å². The number of rotatable bonds is 11. The summed E-state index contributed by atoms with van der Waals surface area (Å²) < 4.78 is 47.6. The Labute approximate surface area is 372 Å². The number of hydrogen-bond donors (Lipinski definition) is 2. The molecule has 0 saturated heterocycles. The highest BCUT2D eigenvalue weighted by molar-refractivity contribution is 7.92. The first kappa shape index (κ1) is 49.8. The number of carbonyl (C=O) groups is 6. The molecule has 1 unspecified atom stereocenters. The normalized spacial score (nSPS) is 13.8. The SMILES string of the molecule is CCOC(=O)Cc1cc2c(s1)CCN(C(=O)C(Cc1ccc(NS(C)(=O)=O)cc1)NC(=O)c1ccc(C(=NC(=O)OC(C)(C)C)N(C(=O)OC(C)(C)C)C(=O)OC(C)(C)C)cc1)C2. The van der Waals surface area contributed by atoms with Crippen molar-refractivity contribution in [3.63, 3.8) is 0 Å². The van der Waals surface area contributed by atoms with E-state index >= 15 is 0 Å². The molecular formula is C44H57N5O12S2. The predicted molar refractivity (Wildman–Crippen MR) is 237 cm³/mol. The maximum absolute atomic E-state index is 14.3. The number of fused-ring (bicyclic) bond motifs is 1. The average Bonchev–Trinajstić information content (AvgIpc) is 3.53. The molecule has 342 valence electrons. The number of carbonyl (C=O) groups excluding carboxylic acids is 6. The lowest BCUT2D eigenvalue weighted by Gasteiger charge is -2.31. The lowest BCUT2D eigenvalue weighted by molar-refractivity contribution is -0.142. The molecule has 5 amide bonds. The third-order valence-electron chi connectivity index (χ3n) is 8.51. The number of anilines is 1. The summed E-state index contributed by atoms with van der Waals surface area (Å²) in [6, 6.07) is 12.7. The molecule has 2 N–H and O–H groups in total. The first-order chi connectivity index (χ1) is 29.1. The van der Waals surface area contributed by atoms with E-state index in [4.69, 9.17) is 18.9 Å². The van der Waals surface area contributed by atoms with Gasteiger partial charge in [-0.25, -0.2) is 22.8 Å². The fourth-order valence-corrected chi connectivity index (χ4v) is 7.81. The number of amidine groups is 1. The van der Waals surface area contributed by atoms with Gasteiger partial charge >= 0.3 is 24.2 Å². The number of hydrogen-bond acceptors (Lipinski definition) is 13. The van der Waals surface area contributed by atoms with Crippen LogP contribution in [0.15, 0.2) is 59.6 Å². The molecular weight excluding hydrogens is 855 g/mol. The molecule has 0 radical (unpaired) electrons. The van der Waals surface area contributed by atoms with E-state index in [9.17, 15) is 37.2 Å². The summed E-state index contributed by atoms with van der Waals surface area (Å²) in [7, 11) is -3.54. The Morgan fingerprint density at radius 3 is 1.90 bits per heavy atom. The highest BCUT2D eigenvalue weighted by Gasteiger charge is 2.37. The lowest BCUT2D eigenvalue weighted by atomic mass is 10.0. The van der Waals surface area contributed by atoms with E-state index in [0.29, 0.717) is 29.1 Å². The van der Waals surface area contributed by atoms with E-state index in [1.807, 2.05) is 6.07 Å². The Kier molecular flexibility index (Phi) is 15.9. The van der Waals surface area contributed by atoms with Crippen LogP contribution in [0.1, 0.15) is 106 Å². The zero-order valence-corrected chi connectivity index (χ0v) is 39.2. The molecule has 4 rings (SSSR count). The van der Waals surface area contributed by atoms with Gasteiger partial charge < -0.3 is 29.2 Å². The van der Waals surface area contributed by atoms with E-state index in [1.165, 1.54) is 35.6 Å². The minimum atomic E-state index is -3.54. The minimum Gasteiger partial charge on any atom is -0.466 e. The van der Waals surface area contributed by atoms with Gasteiger partial charge in [-0.2, -0.15) is 9.89 Å². The molecule has 2 aromatic carbocycles. The Bertz CT molecular complexity index is 2290. The second-order valence-electron chi connectivity index (χ2n) is 17.7. The monoisotopic (exact) mass is 911 g/mol. The molecule has 2 heterocycles. The highest BCUT2D eigenvalue weighted by atomic mass is 32.2. The maximum Gasteiger partial charge on any atom is 0.436 e. The van der Waals surface area contributed by atoms with E-state index in [0.717, 1.165) is 21.6 Å². The van der Waals surface area contributed by atoms with Crippen LogP contribution in [-0.4, -0.2) is 102 Å². The second-order valence-corrected chi connectivity index (χ2v) is 20.7. The summed E-state index contributed by atoms with van der Waals surface area (Å²) in [4.78, 5) is 89.0. The topological polar surface area (TPSA) is 216 Å². The van der Waals surface area contributed by atoms with Crippen LogP contribution in [0.2, 0.25) is 0 Å². The van der Waals surface area contributed by atoms with Crippen molar-refractivity contribution in [3.8, 4) is 0 Å². The van der Waals surface area contributed by atoms with Gasteiger partial charge in [0.2, 0.25) is 15.9 Å². The van der Waals surface area contributed by atoms with Gasteiger partial charge in [0.25, 0.3) is 5.91 Å². The molecule has 0 saturated carbocycles. The number of benzene rings is 2. The summed E-state index contributed by atoms with van der Waals surface area (Å²) >= 11 is 1.50. The van der Waals surface area contributed by atoms with Gasteiger partial charge in [0, 0.05) is 46.1 Å². The fraction of sp³-hybridized carbons (Fsp3) is 0.477. The Hall–Kier alpha value is -5.82. The number of thiophene rings is 1. The molecule has 17 nitrogen and oxygen atoms in total. The lowest BCUT2D eigenvalue weighted by Crippen LogP contribution is -2.50. The van der Waals surface area contributed by atoms with Crippen LogP contribution in [0, 0.1) is 0 Å². The number of esters is 1. The Balaban J connectivity index is 1.69. The first-order valence-corrected chi connectivity index (χ1v) is 22.9. The summed E-state index contributed by atoms with van der Waals surface area (Å²) in [5, 5.41) is 2.86. The van der Waals surface area contributed by atoms with Crippen LogP contribution in [0.3, 0.4) is 0 Å². The summed E-state index contributed by atoms with van der Waals surface area (Å²) in [6.07, 6.45) is -1.78. The van der Waals surface area contributed by atoms with Gasteiger partial charge in [-0.05, 0) is 117 Å². The molecule has 1 atom stereocenters. The van der Waals surface area contributed by atoms with Crippen LogP contribution >= 0.6 is 11.3 Å². The van der Waals surface area contributed by atoms with Gasteiger partial charge in [0.1, 0.15) is 22.8 Å². The third-order valence-corrected chi connectivity index (χ3v) is 10.4. The zero-order valence-electron chi connectivity index (χ0n) is 37.6. The first-order valence-electron chi connectivity index (χ1n) is 20.2. The van der Waals surface area contributed by atoms with E-state index < -0.39 is 62.9 Å². The van der Waals surface area contributed by atoms with Gasteiger partial charge in [-0.15, -0.1) is 11.3 Å². The van der Waals surface area contributed by atoms with Gasteiger partial charge in [0.05, 0.1) is 19.3 Å². The van der Waals surface area contributed by atoms with Crippen molar-refractivity contribution >= 4 is 68.9 Å².